The van der Waals surface area contributed by atoms with Gasteiger partial charge in [0.1, 0.15) is 0 Å². The highest BCUT2D eigenvalue weighted by Gasteiger charge is 2.25. The summed E-state index contributed by atoms with van der Waals surface area (Å²) < 4.78 is 1.24. The first-order chi connectivity index (χ1) is 16.1. The predicted octanol–water partition coefficient (Wildman–Crippen LogP) is 6.46. The number of nitrogens with zero attached hydrogens (tertiary/aromatic N) is 2. The van der Waals surface area contributed by atoms with Crippen LogP contribution in [0, 0.1) is 5.92 Å². The molecule has 0 radical (unpaired) electrons. The lowest BCUT2D eigenvalue weighted by molar-refractivity contribution is -0.122. The summed E-state index contributed by atoms with van der Waals surface area (Å²) in [5, 5.41) is 4.47. The largest absolute Gasteiger partial charge is 0.353 e. The first-order valence-electron chi connectivity index (χ1n) is 13.1. The maximum Gasteiger partial charge on any atom is 0.220 e. The van der Waals surface area contributed by atoms with Gasteiger partial charge in [0.2, 0.25) is 5.91 Å². The van der Waals surface area contributed by atoms with E-state index in [4.69, 9.17) is 4.98 Å². The molecule has 2 aliphatic rings. The maximum absolute atomic E-state index is 12.9. The molecule has 4 rings (SSSR count). The van der Waals surface area contributed by atoms with Crippen LogP contribution in [0.5, 0.6) is 0 Å². The number of fused-ring (bicyclic) bond motifs is 1. The van der Waals surface area contributed by atoms with Crippen LogP contribution < -0.4 is 5.32 Å². The van der Waals surface area contributed by atoms with Gasteiger partial charge >= 0.3 is 0 Å². The molecule has 1 amide bonds. The number of benzene rings is 1. The molecular formula is C28H41N3OS. The summed E-state index contributed by atoms with van der Waals surface area (Å²) in [4.78, 5) is 20.2. The SMILES string of the molecule is CC(C)c1ccc2nc(CCC(=O)NC(C/C=C/CN3CCCCC3)C3CCCC3)sc2c1. The molecule has 1 N–H and O–H groups in total. The third-order valence-corrected chi connectivity index (χ3v) is 8.45. The lowest BCUT2D eigenvalue weighted by Crippen LogP contribution is -2.39. The molecule has 1 aromatic heterocycles. The average molecular weight is 468 g/mol. The molecule has 4 nitrogen and oxygen atoms in total. The fraction of sp³-hybridized carbons (Fsp3) is 0.643. The standard InChI is InChI=1S/C28H41N3OS/c1-21(2)23-13-14-25-26(20-23)33-28(30-25)16-15-27(32)29-24(22-10-4-5-11-22)12-6-9-19-31-17-7-3-8-18-31/h6,9,13-14,20-22,24H,3-5,7-8,10-12,15-19H2,1-2H3,(H,29,32)/b9-6+. The Bertz CT molecular complexity index is 922. The molecule has 1 saturated carbocycles. The van der Waals surface area contributed by atoms with Crippen LogP contribution in [0.3, 0.4) is 0 Å². The number of thiazole rings is 1. The number of amides is 1. The number of hydrogen-bond donors (Lipinski definition) is 1. The Morgan fingerprint density at radius 2 is 1.94 bits per heavy atom. The van der Waals surface area contributed by atoms with Crippen molar-refractivity contribution in [3.05, 3.63) is 40.9 Å². The quantitative estimate of drug-likeness (QED) is 0.408. The van der Waals surface area contributed by atoms with E-state index in [2.05, 4.69) is 54.4 Å². The molecule has 0 bridgehead atoms. The molecular weight excluding hydrogens is 426 g/mol. The maximum atomic E-state index is 12.9. The summed E-state index contributed by atoms with van der Waals surface area (Å²) >= 11 is 1.74. The van der Waals surface area contributed by atoms with Crippen molar-refractivity contribution in [3.63, 3.8) is 0 Å². The molecule has 1 aliphatic heterocycles. The average Bonchev–Trinajstić information content (AvgIpc) is 3.49. The zero-order chi connectivity index (χ0) is 23.0. The van der Waals surface area contributed by atoms with Crippen LogP contribution in [0.25, 0.3) is 10.2 Å². The zero-order valence-corrected chi connectivity index (χ0v) is 21.3. The fourth-order valence-corrected chi connectivity index (χ4v) is 6.31. The molecule has 0 spiro atoms. The van der Waals surface area contributed by atoms with Crippen LogP contribution in [-0.4, -0.2) is 41.5 Å². The van der Waals surface area contributed by atoms with Crippen molar-refractivity contribution in [2.24, 2.45) is 5.92 Å². The molecule has 2 fully saturated rings. The van der Waals surface area contributed by atoms with E-state index in [-0.39, 0.29) is 11.9 Å². The number of aryl methyl sites for hydroxylation is 1. The van der Waals surface area contributed by atoms with Crippen LogP contribution in [0.4, 0.5) is 0 Å². The summed E-state index contributed by atoms with van der Waals surface area (Å²) in [6, 6.07) is 6.83. The molecule has 1 aliphatic carbocycles. The van der Waals surface area contributed by atoms with Gasteiger partial charge < -0.3 is 5.32 Å². The highest BCUT2D eigenvalue weighted by Crippen LogP contribution is 2.30. The number of likely N-dealkylation sites (tertiary alicyclic amines) is 1. The second-order valence-electron chi connectivity index (χ2n) is 10.3. The monoisotopic (exact) mass is 467 g/mol. The van der Waals surface area contributed by atoms with Crippen molar-refractivity contribution < 1.29 is 4.79 Å². The number of rotatable bonds is 10. The van der Waals surface area contributed by atoms with E-state index in [9.17, 15) is 4.79 Å². The third kappa shape index (κ3) is 7.13. The minimum Gasteiger partial charge on any atom is -0.353 e. The number of carbonyl (C=O) groups is 1. The Hall–Kier alpha value is -1.72. The van der Waals surface area contributed by atoms with Crippen LogP contribution >= 0.6 is 11.3 Å². The Morgan fingerprint density at radius 1 is 1.15 bits per heavy atom. The van der Waals surface area contributed by atoms with Gasteiger partial charge in [0.15, 0.2) is 0 Å². The van der Waals surface area contributed by atoms with Crippen molar-refractivity contribution in [1.29, 1.82) is 0 Å². The Morgan fingerprint density at radius 3 is 2.70 bits per heavy atom. The van der Waals surface area contributed by atoms with Gasteiger partial charge in [-0.1, -0.05) is 51.3 Å². The normalized spacial score (nSPS) is 19.1. The van der Waals surface area contributed by atoms with Gasteiger partial charge in [-0.05, 0) is 74.7 Å². The van der Waals surface area contributed by atoms with Crippen molar-refractivity contribution >= 4 is 27.5 Å². The lowest BCUT2D eigenvalue weighted by atomic mass is 9.95. The molecule has 33 heavy (non-hydrogen) atoms. The molecule has 180 valence electrons. The van der Waals surface area contributed by atoms with E-state index >= 15 is 0 Å². The minimum absolute atomic E-state index is 0.179. The van der Waals surface area contributed by atoms with Crippen LogP contribution in [0.15, 0.2) is 30.4 Å². The number of piperidine rings is 1. The third-order valence-electron chi connectivity index (χ3n) is 7.37. The predicted molar refractivity (Wildman–Crippen MR) is 140 cm³/mol. The second kappa shape index (κ2) is 12.1. The summed E-state index contributed by atoms with van der Waals surface area (Å²) in [7, 11) is 0. The van der Waals surface area contributed by atoms with E-state index in [0.29, 0.717) is 18.3 Å². The summed E-state index contributed by atoms with van der Waals surface area (Å²) in [5.74, 6) is 1.33. The molecule has 1 unspecified atom stereocenters. The van der Waals surface area contributed by atoms with Crippen LogP contribution in [0.2, 0.25) is 0 Å². The van der Waals surface area contributed by atoms with Crippen LogP contribution in [-0.2, 0) is 11.2 Å². The summed E-state index contributed by atoms with van der Waals surface area (Å²) in [6.07, 6.45) is 16.0. The molecule has 1 saturated heterocycles. The highest BCUT2D eigenvalue weighted by atomic mass is 32.1. The van der Waals surface area contributed by atoms with Gasteiger partial charge in [0, 0.05) is 25.4 Å². The van der Waals surface area contributed by atoms with E-state index in [1.165, 1.54) is 68.3 Å². The van der Waals surface area contributed by atoms with Crippen molar-refractivity contribution in [2.45, 2.75) is 90.0 Å². The van der Waals surface area contributed by atoms with Crippen molar-refractivity contribution in [3.8, 4) is 0 Å². The zero-order valence-electron chi connectivity index (χ0n) is 20.5. The van der Waals surface area contributed by atoms with E-state index < -0.39 is 0 Å². The van der Waals surface area contributed by atoms with Gasteiger partial charge in [0.05, 0.1) is 15.2 Å². The van der Waals surface area contributed by atoms with Gasteiger partial charge in [-0.3, -0.25) is 9.69 Å². The van der Waals surface area contributed by atoms with Crippen molar-refractivity contribution in [2.75, 3.05) is 19.6 Å². The minimum atomic E-state index is 0.179. The summed E-state index contributed by atoms with van der Waals surface area (Å²) in [6.45, 7) is 7.96. The fourth-order valence-electron chi connectivity index (χ4n) is 5.29. The Kier molecular flexibility index (Phi) is 8.96. The number of aromatic nitrogens is 1. The van der Waals surface area contributed by atoms with E-state index in [1.54, 1.807) is 11.3 Å². The molecule has 2 aromatic rings. The van der Waals surface area contributed by atoms with Gasteiger partial charge in [-0.15, -0.1) is 11.3 Å². The lowest BCUT2D eigenvalue weighted by Gasteiger charge is -2.25. The first kappa shape index (κ1) is 24.4. The van der Waals surface area contributed by atoms with Gasteiger partial charge in [0.25, 0.3) is 0 Å². The van der Waals surface area contributed by atoms with E-state index in [0.717, 1.165) is 29.9 Å². The van der Waals surface area contributed by atoms with E-state index in [1.807, 2.05) is 0 Å². The molecule has 5 heteroatoms. The smallest absolute Gasteiger partial charge is 0.220 e. The second-order valence-corrected chi connectivity index (χ2v) is 11.4. The number of nitrogens with one attached hydrogen (secondary N) is 1. The Balaban J connectivity index is 1.28. The topological polar surface area (TPSA) is 45.2 Å². The molecule has 2 heterocycles. The Labute approximate surface area is 203 Å². The molecule has 1 aromatic carbocycles. The van der Waals surface area contributed by atoms with Crippen molar-refractivity contribution in [1.82, 2.24) is 15.2 Å². The number of hydrogen-bond acceptors (Lipinski definition) is 4. The summed E-state index contributed by atoms with van der Waals surface area (Å²) in [5.41, 5.74) is 2.41. The highest BCUT2D eigenvalue weighted by molar-refractivity contribution is 7.18. The molecule has 1 atom stereocenters. The first-order valence-corrected chi connectivity index (χ1v) is 14.0. The van der Waals surface area contributed by atoms with Crippen LogP contribution in [0.1, 0.15) is 88.1 Å². The van der Waals surface area contributed by atoms with Gasteiger partial charge in [-0.25, -0.2) is 4.98 Å². The van der Waals surface area contributed by atoms with Gasteiger partial charge in [-0.2, -0.15) is 0 Å². The number of carbonyl (C=O) groups excluding carboxylic acids is 1.